The van der Waals surface area contributed by atoms with Crippen molar-refractivity contribution in [2.45, 2.75) is 38.8 Å². The number of aromatic nitrogens is 2. The molecule has 0 saturated carbocycles. The number of hydrogen-bond acceptors (Lipinski definition) is 2. The van der Waals surface area contributed by atoms with Crippen molar-refractivity contribution in [2.75, 3.05) is 13.1 Å². The third kappa shape index (κ3) is 3.38. The Balaban J connectivity index is 1.70. The van der Waals surface area contributed by atoms with Gasteiger partial charge in [0.15, 0.2) is 0 Å². The van der Waals surface area contributed by atoms with E-state index in [0.717, 1.165) is 4.47 Å². The smallest absolute Gasteiger partial charge is 0.0568 e. The van der Waals surface area contributed by atoms with Crippen LogP contribution in [0, 0.1) is 0 Å². The fourth-order valence-electron chi connectivity index (χ4n) is 3.00. The number of rotatable bonds is 3. The van der Waals surface area contributed by atoms with Crippen LogP contribution in [0.1, 0.15) is 32.7 Å². The number of hydrogen-bond donors (Lipinski definition) is 0. The van der Waals surface area contributed by atoms with Gasteiger partial charge in [0.25, 0.3) is 0 Å². The van der Waals surface area contributed by atoms with Crippen LogP contribution in [0.2, 0.25) is 0 Å². The Morgan fingerprint density at radius 2 is 1.76 bits per heavy atom. The molecule has 1 saturated heterocycles. The summed E-state index contributed by atoms with van der Waals surface area (Å²) in [7, 11) is 0. The lowest BCUT2D eigenvalue weighted by Crippen LogP contribution is -2.39. The summed E-state index contributed by atoms with van der Waals surface area (Å²) in [6.07, 6.45) is 6.57. The van der Waals surface area contributed by atoms with Crippen LogP contribution in [0.4, 0.5) is 0 Å². The average Bonchev–Trinajstić information content (AvgIpc) is 2.98. The van der Waals surface area contributed by atoms with E-state index < -0.39 is 0 Å². The van der Waals surface area contributed by atoms with Gasteiger partial charge in [-0.2, -0.15) is 5.10 Å². The normalized spacial score (nSPS) is 17.5. The van der Waals surface area contributed by atoms with Crippen LogP contribution >= 0.6 is 15.9 Å². The molecule has 3 nitrogen and oxygen atoms in total. The lowest BCUT2D eigenvalue weighted by molar-refractivity contribution is 0.147. The van der Waals surface area contributed by atoms with E-state index in [9.17, 15) is 0 Å². The predicted octanol–water partition coefficient (Wildman–Crippen LogP) is 4.36. The summed E-state index contributed by atoms with van der Waals surface area (Å²) >= 11 is 3.48. The lowest BCUT2D eigenvalue weighted by Gasteiger charge is -2.34. The SMILES string of the molecule is CC(C)N1CCC(n2cc(-c3ccc(Br)cc3)cn2)CC1. The first-order valence-corrected chi connectivity index (χ1v) is 8.47. The number of piperidine rings is 1. The van der Waals surface area contributed by atoms with Gasteiger partial charge in [-0.25, -0.2) is 0 Å². The summed E-state index contributed by atoms with van der Waals surface area (Å²) in [6, 6.07) is 9.62. The molecule has 0 atom stereocenters. The van der Waals surface area contributed by atoms with Gasteiger partial charge in [0, 0.05) is 35.4 Å². The molecule has 2 heterocycles. The first kappa shape index (κ1) is 14.8. The molecule has 4 heteroatoms. The van der Waals surface area contributed by atoms with Crippen LogP contribution in [0.5, 0.6) is 0 Å². The maximum Gasteiger partial charge on any atom is 0.0568 e. The summed E-state index contributed by atoms with van der Waals surface area (Å²) in [5, 5.41) is 4.59. The molecule has 2 aromatic rings. The van der Waals surface area contributed by atoms with E-state index in [1.807, 2.05) is 6.20 Å². The second-order valence-electron chi connectivity index (χ2n) is 6.08. The van der Waals surface area contributed by atoms with Gasteiger partial charge in [0.2, 0.25) is 0 Å². The quantitative estimate of drug-likeness (QED) is 0.822. The molecular formula is C17H22BrN3. The lowest BCUT2D eigenvalue weighted by atomic mass is 10.0. The summed E-state index contributed by atoms with van der Waals surface area (Å²) in [5.41, 5.74) is 2.43. The van der Waals surface area contributed by atoms with Crippen LogP contribution < -0.4 is 0 Å². The Hall–Kier alpha value is -1.13. The van der Waals surface area contributed by atoms with E-state index >= 15 is 0 Å². The molecule has 1 aliphatic rings. The van der Waals surface area contributed by atoms with Crippen molar-refractivity contribution in [2.24, 2.45) is 0 Å². The molecular weight excluding hydrogens is 326 g/mol. The number of nitrogens with zero attached hydrogens (tertiary/aromatic N) is 3. The molecule has 0 radical (unpaired) electrons. The summed E-state index contributed by atoms with van der Waals surface area (Å²) in [6.45, 7) is 6.91. The molecule has 1 aromatic heterocycles. The standard InChI is InChI=1S/C17H22BrN3/c1-13(2)20-9-7-17(8-10-20)21-12-15(11-19-21)14-3-5-16(18)6-4-14/h3-6,11-13,17H,7-10H2,1-2H3. The van der Waals surface area contributed by atoms with E-state index in [2.05, 4.69) is 74.9 Å². The van der Waals surface area contributed by atoms with Crippen molar-refractivity contribution < 1.29 is 0 Å². The van der Waals surface area contributed by atoms with Crippen LogP contribution in [0.3, 0.4) is 0 Å². The van der Waals surface area contributed by atoms with Gasteiger partial charge < -0.3 is 4.90 Å². The third-order valence-electron chi connectivity index (χ3n) is 4.38. The zero-order valence-electron chi connectivity index (χ0n) is 12.7. The Bertz CT molecular complexity index is 580. The Morgan fingerprint density at radius 3 is 2.38 bits per heavy atom. The molecule has 1 aliphatic heterocycles. The second kappa shape index (κ2) is 6.32. The highest BCUT2D eigenvalue weighted by molar-refractivity contribution is 9.10. The van der Waals surface area contributed by atoms with Gasteiger partial charge >= 0.3 is 0 Å². The Morgan fingerprint density at radius 1 is 1.10 bits per heavy atom. The van der Waals surface area contributed by atoms with Gasteiger partial charge in [-0.3, -0.25) is 4.68 Å². The summed E-state index contributed by atoms with van der Waals surface area (Å²) in [5.74, 6) is 0. The van der Waals surface area contributed by atoms with Gasteiger partial charge in [0.05, 0.1) is 12.2 Å². The van der Waals surface area contributed by atoms with Crippen molar-refractivity contribution in [3.8, 4) is 11.1 Å². The highest BCUT2D eigenvalue weighted by Gasteiger charge is 2.22. The molecule has 0 unspecified atom stereocenters. The zero-order valence-corrected chi connectivity index (χ0v) is 14.3. The minimum absolute atomic E-state index is 0.546. The fraction of sp³-hybridized carbons (Fsp3) is 0.471. The van der Waals surface area contributed by atoms with Gasteiger partial charge in [-0.1, -0.05) is 28.1 Å². The van der Waals surface area contributed by atoms with E-state index in [-0.39, 0.29) is 0 Å². The van der Waals surface area contributed by atoms with Crippen LogP contribution in [-0.2, 0) is 0 Å². The molecule has 1 fully saturated rings. The van der Waals surface area contributed by atoms with Crippen molar-refractivity contribution in [3.63, 3.8) is 0 Å². The van der Waals surface area contributed by atoms with Crippen molar-refractivity contribution in [3.05, 3.63) is 41.1 Å². The predicted molar refractivity (Wildman–Crippen MR) is 90.3 cm³/mol. The van der Waals surface area contributed by atoms with Gasteiger partial charge in [-0.15, -0.1) is 0 Å². The third-order valence-corrected chi connectivity index (χ3v) is 4.91. The molecule has 3 rings (SSSR count). The first-order chi connectivity index (χ1) is 10.1. The summed E-state index contributed by atoms with van der Waals surface area (Å²) < 4.78 is 3.27. The number of benzene rings is 1. The number of halogens is 1. The summed E-state index contributed by atoms with van der Waals surface area (Å²) in [4.78, 5) is 2.55. The average molecular weight is 348 g/mol. The largest absolute Gasteiger partial charge is 0.301 e. The number of likely N-dealkylation sites (tertiary alicyclic amines) is 1. The topological polar surface area (TPSA) is 21.1 Å². The molecule has 0 bridgehead atoms. The Kier molecular flexibility index (Phi) is 4.45. The van der Waals surface area contributed by atoms with E-state index in [1.165, 1.54) is 37.1 Å². The Labute approximate surface area is 135 Å². The fourth-order valence-corrected chi connectivity index (χ4v) is 3.26. The highest BCUT2D eigenvalue weighted by Crippen LogP contribution is 2.26. The molecule has 21 heavy (non-hydrogen) atoms. The molecule has 0 N–H and O–H groups in total. The van der Waals surface area contributed by atoms with Crippen LogP contribution in [0.15, 0.2) is 41.1 Å². The molecule has 112 valence electrons. The molecule has 0 aliphatic carbocycles. The van der Waals surface area contributed by atoms with E-state index in [0.29, 0.717) is 12.1 Å². The monoisotopic (exact) mass is 347 g/mol. The van der Waals surface area contributed by atoms with Crippen LogP contribution in [0.25, 0.3) is 11.1 Å². The molecule has 0 spiro atoms. The van der Waals surface area contributed by atoms with E-state index in [1.54, 1.807) is 0 Å². The van der Waals surface area contributed by atoms with E-state index in [4.69, 9.17) is 0 Å². The van der Waals surface area contributed by atoms with Crippen LogP contribution in [-0.4, -0.2) is 33.8 Å². The highest BCUT2D eigenvalue weighted by atomic mass is 79.9. The first-order valence-electron chi connectivity index (χ1n) is 7.67. The molecule has 1 aromatic carbocycles. The van der Waals surface area contributed by atoms with Crippen molar-refractivity contribution in [1.82, 2.24) is 14.7 Å². The van der Waals surface area contributed by atoms with Crippen molar-refractivity contribution >= 4 is 15.9 Å². The maximum atomic E-state index is 4.59. The maximum absolute atomic E-state index is 4.59. The zero-order chi connectivity index (χ0) is 14.8. The molecule has 0 amide bonds. The second-order valence-corrected chi connectivity index (χ2v) is 6.99. The van der Waals surface area contributed by atoms with Gasteiger partial charge in [0.1, 0.15) is 0 Å². The minimum Gasteiger partial charge on any atom is -0.301 e. The minimum atomic E-state index is 0.546. The van der Waals surface area contributed by atoms with Gasteiger partial charge in [-0.05, 0) is 44.4 Å². The van der Waals surface area contributed by atoms with Crippen molar-refractivity contribution in [1.29, 1.82) is 0 Å².